The number of ether oxygens (including phenoxy) is 1. The van der Waals surface area contributed by atoms with Crippen LogP contribution in [0.2, 0.25) is 0 Å². The molecule has 0 spiro atoms. The van der Waals surface area contributed by atoms with E-state index in [1.54, 1.807) is 37.3 Å². The van der Waals surface area contributed by atoms with Crippen LogP contribution in [0, 0.1) is 17.0 Å². The van der Waals surface area contributed by atoms with E-state index in [1.807, 2.05) is 24.3 Å². The molecule has 0 aromatic heterocycles. The number of nitro benzene ring substituents is 1. The van der Waals surface area contributed by atoms with Gasteiger partial charge in [-0.3, -0.25) is 10.1 Å². The van der Waals surface area contributed by atoms with Gasteiger partial charge in [-0.05, 0) is 35.2 Å². The fourth-order valence-corrected chi connectivity index (χ4v) is 4.04. The Morgan fingerprint density at radius 1 is 1.03 bits per heavy atom. The Morgan fingerprint density at radius 2 is 1.68 bits per heavy atom. The quantitative estimate of drug-likeness (QED) is 0.429. The van der Waals surface area contributed by atoms with Gasteiger partial charge in [0.25, 0.3) is 5.69 Å². The number of aryl methyl sites for hydroxylation is 1. The van der Waals surface area contributed by atoms with Gasteiger partial charge in [0, 0.05) is 18.0 Å². The zero-order valence-corrected chi connectivity index (χ0v) is 17.1. The summed E-state index contributed by atoms with van der Waals surface area (Å²) in [7, 11) is 0. The van der Waals surface area contributed by atoms with E-state index >= 15 is 0 Å². The Morgan fingerprint density at radius 3 is 2.32 bits per heavy atom. The molecule has 6 heteroatoms. The number of para-hydroxylation sites is 1. The molecule has 0 fully saturated rings. The molecule has 1 N–H and O–H groups in total. The van der Waals surface area contributed by atoms with Gasteiger partial charge in [-0.25, -0.2) is 4.79 Å². The summed E-state index contributed by atoms with van der Waals surface area (Å²) in [6, 6.07) is 21.5. The van der Waals surface area contributed by atoms with E-state index in [0.717, 1.165) is 11.1 Å². The summed E-state index contributed by atoms with van der Waals surface area (Å²) in [6.07, 6.45) is 2.78. The highest BCUT2D eigenvalue weighted by Gasteiger charge is 2.28. The normalized spacial score (nSPS) is 12.4. The highest BCUT2D eigenvalue weighted by atomic mass is 16.6. The van der Waals surface area contributed by atoms with Crippen molar-refractivity contribution in [2.24, 2.45) is 0 Å². The minimum Gasteiger partial charge on any atom is -0.449 e. The Balaban J connectivity index is 1.35. The third-order valence-electron chi connectivity index (χ3n) is 5.46. The summed E-state index contributed by atoms with van der Waals surface area (Å²) >= 11 is 0. The molecule has 6 nitrogen and oxygen atoms in total. The van der Waals surface area contributed by atoms with Crippen LogP contribution in [0.1, 0.15) is 28.2 Å². The number of fused-ring (bicyclic) bond motifs is 3. The fourth-order valence-electron chi connectivity index (χ4n) is 4.04. The molecule has 3 aromatic carbocycles. The van der Waals surface area contributed by atoms with Crippen LogP contribution in [0.4, 0.5) is 10.5 Å². The third-order valence-corrected chi connectivity index (χ3v) is 5.46. The first-order chi connectivity index (χ1) is 15.1. The van der Waals surface area contributed by atoms with Crippen molar-refractivity contribution >= 4 is 17.9 Å². The Labute approximate surface area is 180 Å². The number of hydrogen-bond donors (Lipinski definition) is 1. The molecule has 0 saturated heterocycles. The van der Waals surface area contributed by atoms with E-state index in [1.165, 1.54) is 11.1 Å². The number of alkyl carbamates (subject to hydrolysis) is 1. The number of nitrogens with one attached hydrogen (secondary N) is 1. The molecule has 0 bridgehead atoms. The zero-order chi connectivity index (χ0) is 21.8. The zero-order valence-electron chi connectivity index (χ0n) is 17.1. The molecule has 0 saturated carbocycles. The molecule has 0 radical (unpaired) electrons. The van der Waals surface area contributed by atoms with Gasteiger partial charge in [-0.1, -0.05) is 72.8 Å². The smallest absolute Gasteiger partial charge is 0.407 e. The Kier molecular flexibility index (Phi) is 5.80. The predicted octanol–water partition coefficient (Wildman–Crippen LogP) is 5.46. The van der Waals surface area contributed by atoms with Crippen molar-refractivity contribution in [1.29, 1.82) is 0 Å². The number of carbonyl (C=O) groups excluding carboxylic acids is 1. The first-order valence-corrected chi connectivity index (χ1v) is 10.1. The number of amides is 1. The molecule has 4 rings (SSSR count). The van der Waals surface area contributed by atoms with Crippen LogP contribution in [-0.4, -0.2) is 24.2 Å². The summed E-state index contributed by atoms with van der Waals surface area (Å²) in [6.45, 7) is 2.15. The topological polar surface area (TPSA) is 81.5 Å². The van der Waals surface area contributed by atoms with Gasteiger partial charge >= 0.3 is 6.09 Å². The first-order valence-electron chi connectivity index (χ1n) is 10.1. The molecule has 156 valence electrons. The fraction of sp³-hybridized carbons (Fsp3) is 0.160. The number of rotatable bonds is 6. The molecular weight excluding hydrogens is 392 g/mol. The van der Waals surface area contributed by atoms with Crippen molar-refractivity contribution in [2.75, 3.05) is 13.2 Å². The highest BCUT2D eigenvalue weighted by Crippen LogP contribution is 2.44. The average molecular weight is 414 g/mol. The predicted molar refractivity (Wildman–Crippen MR) is 120 cm³/mol. The second kappa shape index (κ2) is 8.83. The largest absolute Gasteiger partial charge is 0.449 e. The molecule has 0 aliphatic heterocycles. The van der Waals surface area contributed by atoms with Gasteiger partial charge in [0.05, 0.1) is 10.5 Å². The van der Waals surface area contributed by atoms with Crippen molar-refractivity contribution in [1.82, 2.24) is 5.32 Å². The molecule has 0 heterocycles. The lowest BCUT2D eigenvalue weighted by atomic mass is 9.98. The van der Waals surface area contributed by atoms with Crippen molar-refractivity contribution in [3.63, 3.8) is 0 Å². The average Bonchev–Trinajstić information content (AvgIpc) is 3.09. The maximum absolute atomic E-state index is 12.2. The van der Waals surface area contributed by atoms with Crippen molar-refractivity contribution in [3.05, 3.63) is 105 Å². The molecule has 3 aromatic rings. The van der Waals surface area contributed by atoms with Crippen molar-refractivity contribution in [3.8, 4) is 11.1 Å². The molecule has 1 amide bonds. The van der Waals surface area contributed by atoms with Crippen LogP contribution in [0.15, 0.2) is 72.8 Å². The summed E-state index contributed by atoms with van der Waals surface area (Å²) in [5.41, 5.74) is 5.83. The number of nitrogens with zero attached hydrogens (tertiary/aromatic N) is 1. The number of hydrogen-bond acceptors (Lipinski definition) is 4. The Hall–Kier alpha value is -3.93. The summed E-state index contributed by atoms with van der Waals surface area (Å²) in [5.74, 6) is 0.00337. The van der Waals surface area contributed by atoms with Gasteiger partial charge in [0.1, 0.15) is 6.61 Å². The minimum atomic E-state index is -0.523. The summed E-state index contributed by atoms with van der Waals surface area (Å²) in [5, 5.41) is 13.9. The third kappa shape index (κ3) is 4.19. The van der Waals surface area contributed by atoms with Gasteiger partial charge in [0.2, 0.25) is 0 Å². The SMILES string of the molecule is Cc1cccc(C=CCNC(=O)OCC2c3ccccc3-c3ccccc32)c1[N+](=O)[O-]. The van der Waals surface area contributed by atoms with Crippen LogP contribution < -0.4 is 5.32 Å². The van der Waals surface area contributed by atoms with Crippen LogP contribution in [0.3, 0.4) is 0 Å². The van der Waals surface area contributed by atoms with E-state index in [4.69, 9.17) is 4.74 Å². The number of benzene rings is 3. The summed E-state index contributed by atoms with van der Waals surface area (Å²) < 4.78 is 5.48. The first kappa shape index (κ1) is 20.3. The minimum absolute atomic E-state index is 0.00337. The van der Waals surface area contributed by atoms with Crippen molar-refractivity contribution < 1.29 is 14.5 Å². The standard InChI is InChI=1S/C25H22N2O4/c1-17-8-6-9-18(24(17)27(29)30)10-7-15-26-25(28)31-16-23-21-13-4-2-11-19(21)20-12-3-5-14-22(20)23/h2-14,23H,15-16H2,1H3,(H,26,28). The van der Waals surface area contributed by atoms with Crippen LogP contribution in [-0.2, 0) is 4.74 Å². The van der Waals surface area contributed by atoms with Gasteiger partial charge in [-0.2, -0.15) is 0 Å². The van der Waals surface area contributed by atoms with E-state index in [2.05, 4.69) is 29.6 Å². The Bertz CT molecular complexity index is 1120. The van der Waals surface area contributed by atoms with Crippen LogP contribution in [0.25, 0.3) is 17.2 Å². The maximum Gasteiger partial charge on any atom is 0.407 e. The van der Waals surface area contributed by atoms with Gasteiger partial charge < -0.3 is 10.1 Å². The van der Waals surface area contributed by atoms with E-state index in [0.29, 0.717) is 11.1 Å². The number of carbonyl (C=O) groups is 1. The van der Waals surface area contributed by atoms with E-state index in [9.17, 15) is 14.9 Å². The molecular formula is C25H22N2O4. The maximum atomic E-state index is 12.2. The highest BCUT2D eigenvalue weighted by molar-refractivity contribution is 5.79. The van der Waals surface area contributed by atoms with Crippen LogP contribution >= 0.6 is 0 Å². The molecule has 0 unspecified atom stereocenters. The van der Waals surface area contributed by atoms with Gasteiger partial charge in [0.15, 0.2) is 0 Å². The summed E-state index contributed by atoms with van der Waals surface area (Å²) in [4.78, 5) is 23.0. The molecule has 1 aliphatic carbocycles. The second-order valence-corrected chi connectivity index (χ2v) is 7.38. The second-order valence-electron chi connectivity index (χ2n) is 7.38. The lowest BCUT2D eigenvalue weighted by Crippen LogP contribution is -2.26. The number of nitro groups is 1. The molecule has 0 atom stereocenters. The van der Waals surface area contributed by atoms with E-state index < -0.39 is 11.0 Å². The molecule has 1 aliphatic rings. The lowest BCUT2D eigenvalue weighted by molar-refractivity contribution is -0.385. The van der Waals surface area contributed by atoms with E-state index in [-0.39, 0.29) is 24.8 Å². The van der Waals surface area contributed by atoms with Gasteiger partial charge in [-0.15, -0.1) is 0 Å². The monoisotopic (exact) mass is 414 g/mol. The van der Waals surface area contributed by atoms with Crippen LogP contribution in [0.5, 0.6) is 0 Å². The van der Waals surface area contributed by atoms with Crippen molar-refractivity contribution in [2.45, 2.75) is 12.8 Å². The molecule has 31 heavy (non-hydrogen) atoms. The lowest BCUT2D eigenvalue weighted by Gasteiger charge is -2.14.